The van der Waals surface area contributed by atoms with Gasteiger partial charge >= 0.3 is 0 Å². The zero-order valence-electron chi connectivity index (χ0n) is 11.2. The molecule has 20 heavy (non-hydrogen) atoms. The molecule has 0 radical (unpaired) electrons. The van der Waals surface area contributed by atoms with Crippen molar-refractivity contribution in [2.45, 2.75) is 12.8 Å². The Balaban J connectivity index is 2.77. The summed E-state index contributed by atoms with van der Waals surface area (Å²) in [6.45, 7) is 1.02. The van der Waals surface area contributed by atoms with Gasteiger partial charge in [0.1, 0.15) is 5.82 Å². The maximum atomic E-state index is 13.6. The molecule has 0 atom stereocenters. The van der Waals surface area contributed by atoms with Gasteiger partial charge in [-0.05, 0) is 12.1 Å². The van der Waals surface area contributed by atoms with Gasteiger partial charge in [-0.15, -0.1) is 0 Å². The molecular formula is C14H16ClFN2O2. The maximum Gasteiger partial charge on any atom is 0.227 e. The number of amides is 1. The summed E-state index contributed by atoms with van der Waals surface area (Å²) < 4.78 is 18.6. The van der Waals surface area contributed by atoms with Gasteiger partial charge in [0.05, 0.1) is 25.5 Å². The molecule has 108 valence electrons. The van der Waals surface area contributed by atoms with Crippen LogP contribution >= 0.6 is 11.6 Å². The number of carbonyl (C=O) groups is 1. The normalized spacial score (nSPS) is 10.1. The van der Waals surface area contributed by atoms with Crippen molar-refractivity contribution in [2.24, 2.45) is 0 Å². The first kappa shape index (κ1) is 16.4. The van der Waals surface area contributed by atoms with Crippen molar-refractivity contribution in [3.8, 4) is 6.07 Å². The van der Waals surface area contributed by atoms with E-state index in [4.69, 9.17) is 21.6 Å². The van der Waals surface area contributed by atoms with E-state index in [1.165, 1.54) is 24.1 Å². The minimum atomic E-state index is -0.502. The summed E-state index contributed by atoms with van der Waals surface area (Å²) in [5.41, 5.74) is 0.179. The van der Waals surface area contributed by atoms with Crippen LogP contribution in [0.15, 0.2) is 18.2 Å². The highest BCUT2D eigenvalue weighted by atomic mass is 35.5. The van der Waals surface area contributed by atoms with Gasteiger partial charge < -0.3 is 9.64 Å². The molecule has 4 nitrogen and oxygen atoms in total. The smallest absolute Gasteiger partial charge is 0.227 e. The second-order valence-corrected chi connectivity index (χ2v) is 4.57. The highest BCUT2D eigenvalue weighted by Crippen LogP contribution is 2.20. The van der Waals surface area contributed by atoms with Crippen molar-refractivity contribution in [1.29, 1.82) is 5.26 Å². The summed E-state index contributed by atoms with van der Waals surface area (Å²) in [6.07, 6.45) is 0.0983. The Labute approximate surface area is 122 Å². The number of nitriles is 1. The Bertz CT molecular complexity index is 482. The highest BCUT2D eigenvalue weighted by molar-refractivity contribution is 6.31. The van der Waals surface area contributed by atoms with Gasteiger partial charge in [0.2, 0.25) is 5.91 Å². The van der Waals surface area contributed by atoms with Crippen molar-refractivity contribution in [3.05, 3.63) is 34.6 Å². The van der Waals surface area contributed by atoms with Crippen LogP contribution in [0.1, 0.15) is 12.0 Å². The van der Waals surface area contributed by atoms with E-state index >= 15 is 0 Å². The van der Waals surface area contributed by atoms with Crippen LogP contribution < -0.4 is 0 Å². The summed E-state index contributed by atoms with van der Waals surface area (Å²) in [7, 11) is 1.53. The number of hydrogen-bond donors (Lipinski definition) is 0. The third-order valence-corrected chi connectivity index (χ3v) is 3.16. The second-order valence-electron chi connectivity index (χ2n) is 4.16. The third kappa shape index (κ3) is 4.80. The molecule has 0 N–H and O–H groups in total. The molecule has 0 unspecified atom stereocenters. The maximum absolute atomic E-state index is 13.6. The quantitative estimate of drug-likeness (QED) is 0.777. The van der Waals surface area contributed by atoms with E-state index in [0.717, 1.165) is 0 Å². The van der Waals surface area contributed by atoms with Crippen molar-refractivity contribution in [1.82, 2.24) is 4.90 Å². The Morgan fingerprint density at radius 1 is 1.50 bits per heavy atom. The van der Waals surface area contributed by atoms with Crippen LogP contribution in [0.2, 0.25) is 5.02 Å². The molecule has 1 amide bonds. The summed E-state index contributed by atoms with van der Waals surface area (Å²) in [5.74, 6) is -0.776. The molecule has 0 spiro atoms. The van der Waals surface area contributed by atoms with Gasteiger partial charge in [-0.25, -0.2) is 4.39 Å². The predicted octanol–water partition coefficient (Wildman–Crippen LogP) is 2.41. The molecular weight excluding hydrogens is 283 g/mol. The molecule has 0 heterocycles. The molecule has 0 aliphatic rings. The molecule has 1 aromatic rings. The van der Waals surface area contributed by atoms with Gasteiger partial charge in [-0.1, -0.05) is 17.7 Å². The van der Waals surface area contributed by atoms with E-state index in [2.05, 4.69) is 0 Å². The highest BCUT2D eigenvalue weighted by Gasteiger charge is 2.17. The zero-order chi connectivity index (χ0) is 15.0. The van der Waals surface area contributed by atoms with Crippen LogP contribution in [0.3, 0.4) is 0 Å². The van der Waals surface area contributed by atoms with E-state index in [1.807, 2.05) is 6.07 Å². The molecule has 0 aromatic heterocycles. The zero-order valence-corrected chi connectivity index (χ0v) is 12.0. The summed E-state index contributed by atoms with van der Waals surface area (Å²) in [6, 6.07) is 6.28. The van der Waals surface area contributed by atoms with E-state index in [-0.39, 0.29) is 29.3 Å². The lowest BCUT2D eigenvalue weighted by Crippen LogP contribution is -2.36. The lowest BCUT2D eigenvalue weighted by molar-refractivity contribution is -0.131. The summed E-state index contributed by atoms with van der Waals surface area (Å²) in [4.78, 5) is 13.6. The largest absolute Gasteiger partial charge is 0.383 e. The molecule has 0 bridgehead atoms. The van der Waals surface area contributed by atoms with E-state index in [0.29, 0.717) is 19.7 Å². The molecule has 0 saturated carbocycles. The second kappa shape index (κ2) is 8.51. The summed E-state index contributed by atoms with van der Waals surface area (Å²) in [5, 5.41) is 8.83. The van der Waals surface area contributed by atoms with E-state index in [1.54, 1.807) is 6.07 Å². The SMILES string of the molecule is COCCN(CCC#N)C(=O)Cc1c(F)cccc1Cl. The molecule has 1 rings (SSSR count). The van der Waals surface area contributed by atoms with Crippen molar-refractivity contribution in [2.75, 3.05) is 26.8 Å². The number of halogens is 2. The minimum Gasteiger partial charge on any atom is -0.383 e. The molecule has 0 aliphatic heterocycles. The molecule has 0 saturated heterocycles. The number of carbonyl (C=O) groups excluding carboxylic acids is 1. The van der Waals surface area contributed by atoms with E-state index in [9.17, 15) is 9.18 Å². The molecule has 6 heteroatoms. The fraction of sp³-hybridized carbons (Fsp3) is 0.429. The number of ether oxygens (including phenoxy) is 1. The first-order valence-corrected chi connectivity index (χ1v) is 6.54. The van der Waals surface area contributed by atoms with Gasteiger partial charge in [-0.3, -0.25) is 4.79 Å². The Morgan fingerprint density at radius 2 is 2.25 bits per heavy atom. The number of nitrogens with zero attached hydrogens (tertiary/aromatic N) is 2. The fourth-order valence-corrected chi connectivity index (χ4v) is 1.94. The van der Waals surface area contributed by atoms with Crippen LogP contribution in [0.25, 0.3) is 0 Å². The monoisotopic (exact) mass is 298 g/mol. The van der Waals surface area contributed by atoms with Crippen molar-refractivity contribution < 1.29 is 13.9 Å². The first-order valence-electron chi connectivity index (χ1n) is 6.16. The predicted molar refractivity (Wildman–Crippen MR) is 73.8 cm³/mol. The van der Waals surface area contributed by atoms with Crippen molar-refractivity contribution in [3.63, 3.8) is 0 Å². The molecule has 0 aliphatic carbocycles. The topological polar surface area (TPSA) is 53.3 Å². The van der Waals surface area contributed by atoms with Crippen LogP contribution in [0.5, 0.6) is 0 Å². The van der Waals surface area contributed by atoms with E-state index < -0.39 is 5.82 Å². The van der Waals surface area contributed by atoms with Crippen molar-refractivity contribution >= 4 is 17.5 Å². The Hall–Kier alpha value is -1.64. The lowest BCUT2D eigenvalue weighted by Gasteiger charge is -2.21. The first-order chi connectivity index (χ1) is 9.60. The minimum absolute atomic E-state index is 0.124. The lowest BCUT2D eigenvalue weighted by atomic mass is 10.1. The third-order valence-electron chi connectivity index (χ3n) is 2.80. The standard InChI is InChI=1S/C14H16ClFN2O2/c1-20-9-8-18(7-3-6-17)14(19)10-11-12(15)4-2-5-13(11)16/h2,4-5H,3,7-10H2,1H3. The van der Waals surface area contributed by atoms with Gasteiger partial charge in [0, 0.05) is 30.8 Å². The van der Waals surface area contributed by atoms with Gasteiger partial charge in [0.15, 0.2) is 0 Å². The Kier molecular flexibility index (Phi) is 6.99. The number of rotatable bonds is 7. The Morgan fingerprint density at radius 3 is 2.85 bits per heavy atom. The summed E-state index contributed by atoms with van der Waals surface area (Å²) >= 11 is 5.90. The molecule has 0 fully saturated rings. The van der Waals surface area contributed by atoms with Crippen LogP contribution in [-0.2, 0) is 16.0 Å². The van der Waals surface area contributed by atoms with Crippen LogP contribution in [-0.4, -0.2) is 37.6 Å². The van der Waals surface area contributed by atoms with Gasteiger partial charge in [0.25, 0.3) is 0 Å². The number of methoxy groups -OCH3 is 1. The number of benzene rings is 1. The van der Waals surface area contributed by atoms with Crippen LogP contribution in [0, 0.1) is 17.1 Å². The van der Waals surface area contributed by atoms with Gasteiger partial charge in [-0.2, -0.15) is 5.26 Å². The average molecular weight is 299 g/mol. The number of hydrogen-bond acceptors (Lipinski definition) is 3. The average Bonchev–Trinajstić information content (AvgIpc) is 2.43. The van der Waals surface area contributed by atoms with Crippen LogP contribution in [0.4, 0.5) is 4.39 Å². The fourth-order valence-electron chi connectivity index (χ4n) is 1.71. The molecule has 1 aromatic carbocycles.